The molecule has 0 amide bonds. The first-order valence-corrected chi connectivity index (χ1v) is 5.21. The van der Waals surface area contributed by atoms with Crippen LogP contribution in [0.4, 0.5) is 0 Å². The summed E-state index contributed by atoms with van der Waals surface area (Å²) in [6.07, 6.45) is 0.710. The van der Waals surface area contributed by atoms with E-state index in [0.29, 0.717) is 12.0 Å². The zero-order valence-electron chi connectivity index (χ0n) is 8.42. The smallest absolute Gasteiger partial charge is 0.128 e. The maximum atomic E-state index is 10.7. The molecule has 0 fully saturated rings. The molecule has 0 bridgehead atoms. The minimum absolute atomic E-state index is 0. The molecule has 4 heteroatoms. The molecule has 0 aliphatic heterocycles. The molecule has 0 spiro atoms. The molecule has 0 aliphatic rings. The molecule has 15 heavy (non-hydrogen) atoms. The van der Waals surface area contributed by atoms with Gasteiger partial charge in [0.2, 0.25) is 0 Å². The second kappa shape index (κ2) is 7.66. The van der Waals surface area contributed by atoms with Gasteiger partial charge in [0.05, 0.1) is 0 Å². The number of hydrogen-bond acceptors (Lipinski definition) is 2. The Kier molecular flexibility index (Phi) is 7.35. The van der Waals surface area contributed by atoms with E-state index in [2.05, 4.69) is 21.2 Å². The van der Waals surface area contributed by atoms with Gasteiger partial charge in [0.1, 0.15) is 5.94 Å². The van der Waals surface area contributed by atoms with Crippen LogP contribution >= 0.6 is 28.3 Å². The van der Waals surface area contributed by atoms with Crippen molar-refractivity contribution in [3.05, 3.63) is 34.3 Å². The molecule has 2 nitrogen and oxygen atoms in total. The van der Waals surface area contributed by atoms with Crippen LogP contribution in [0.15, 0.2) is 28.7 Å². The SMILES string of the molecule is CNCCC(=C=O)c1ccc(Br)cc1.Cl. The molecule has 1 aromatic rings. The predicted octanol–water partition coefficient (Wildman–Crippen LogP) is 2.70. The zero-order valence-corrected chi connectivity index (χ0v) is 10.8. The Hall–Kier alpha value is -0.600. The van der Waals surface area contributed by atoms with E-state index >= 15 is 0 Å². The van der Waals surface area contributed by atoms with Gasteiger partial charge in [-0.15, -0.1) is 12.4 Å². The zero-order chi connectivity index (χ0) is 10.4. The van der Waals surface area contributed by atoms with Gasteiger partial charge < -0.3 is 5.32 Å². The highest BCUT2D eigenvalue weighted by Crippen LogP contribution is 2.17. The Morgan fingerprint density at radius 2 is 2.00 bits per heavy atom. The first kappa shape index (κ1) is 14.4. The van der Waals surface area contributed by atoms with Crippen molar-refractivity contribution in [3.63, 3.8) is 0 Å². The number of benzene rings is 1. The van der Waals surface area contributed by atoms with Gasteiger partial charge in [-0.3, -0.25) is 0 Å². The van der Waals surface area contributed by atoms with E-state index in [4.69, 9.17) is 0 Å². The summed E-state index contributed by atoms with van der Waals surface area (Å²) in [6, 6.07) is 7.68. The largest absolute Gasteiger partial charge is 0.319 e. The average molecular weight is 291 g/mol. The fourth-order valence-electron chi connectivity index (χ4n) is 1.16. The van der Waals surface area contributed by atoms with E-state index in [1.807, 2.05) is 37.3 Å². The number of halogens is 2. The van der Waals surface area contributed by atoms with Crippen LogP contribution in [0, 0.1) is 0 Å². The summed E-state index contributed by atoms with van der Waals surface area (Å²) in [5.74, 6) is 1.98. The van der Waals surface area contributed by atoms with Crippen LogP contribution in [0.1, 0.15) is 12.0 Å². The van der Waals surface area contributed by atoms with Crippen molar-refractivity contribution in [1.82, 2.24) is 5.32 Å². The van der Waals surface area contributed by atoms with Crippen LogP contribution in [0.25, 0.3) is 5.57 Å². The van der Waals surface area contributed by atoms with Crippen LogP contribution in [0.5, 0.6) is 0 Å². The molecule has 0 aromatic heterocycles. The third kappa shape index (κ3) is 4.63. The Bertz CT molecular complexity index is 344. The first-order chi connectivity index (χ1) is 6.77. The van der Waals surface area contributed by atoms with Crippen molar-refractivity contribution in [3.8, 4) is 0 Å². The lowest BCUT2D eigenvalue weighted by molar-refractivity contribution is 0.569. The first-order valence-electron chi connectivity index (χ1n) is 4.42. The van der Waals surface area contributed by atoms with Crippen LogP contribution in [0.2, 0.25) is 0 Å². The van der Waals surface area contributed by atoms with E-state index in [-0.39, 0.29) is 12.4 Å². The number of rotatable bonds is 4. The summed E-state index contributed by atoms with van der Waals surface area (Å²) in [5.41, 5.74) is 1.66. The topological polar surface area (TPSA) is 29.1 Å². The maximum absolute atomic E-state index is 10.7. The van der Waals surface area contributed by atoms with Crippen molar-refractivity contribution in [2.75, 3.05) is 13.6 Å². The summed E-state index contributed by atoms with van der Waals surface area (Å²) < 4.78 is 1.01. The van der Waals surface area contributed by atoms with Crippen molar-refractivity contribution in [2.45, 2.75) is 6.42 Å². The fraction of sp³-hybridized carbons (Fsp3) is 0.273. The van der Waals surface area contributed by atoms with E-state index < -0.39 is 0 Å². The van der Waals surface area contributed by atoms with Gasteiger partial charge in [-0.05, 0) is 37.7 Å². The standard InChI is InChI=1S/C11H12BrNO.ClH/c1-13-7-6-10(8-14)9-2-4-11(12)5-3-9;/h2-5,13H,6-7H2,1H3;1H. The van der Waals surface area contributed by atoms with Gasteiger partial charge in [0, 0.05) is 10.0 Å². The molecule has 0 radical (unpaired) electrons. The van der Waals surface area contributed by atoms with Crippen LogP contribution in [0.3, 0.4) is 0 Å². The predicted molar refractivity (Wildman–Crippen MR) is 69.0 cm³/mol. The van der Waals surface area contributed by atoms with E-state index in [0.717, 1.165) is 16.6 Å². The highest BCUT2D eigenvalue weighted by molar-refractivity contribution is 9.10. The third-order valence-electron chi connectivity index (χ3n) is 1.94. The van der Waals surface area contributed by atoms with Crippen LogP contribution in [-0.4, -0.2) is 19.5 Å². The van der Waals surface area contributed by atoms with Crippen molar-refractivity contribution in [2.24, 2.45) is 0 Å². The van der Waals surface area contributed by atoms with Gasteiger partial charge in [-0.1, -0.05) is 28.1 Å². The van der Waals surface area contributed by atoms with Gasteiger partial charge >= 0.3 is 0 Å². The van der Waals surface area contributed by atoms with Crippen LogP contribution < -0.4 is 5.32 Å². The molecule has 0 aliphatic carbocycles. The molecule has 0 saturated heterocycles. The molecule has 1 N–H and O–H groups in total. The van der Waals surface area contributed by atoms with Gasteiger partial charge in [0.25, 0.3) is 0 Å². The summed E-state index contributed by atoms with van der Waals surface area (Å²) in [5, 5.41) is 3.00. The molecule has 0 saturated carbocycles. The van der Waals surface area contributed by atoms with Gasteiger partial charge in [-0.25, -0.2) is 4.79 Å². The number of nitrogens with one attached hydrogen (secondary N) is 1. The minimum Gasteiger partial charge on any atom is -0.319 e. The van der Waals surface area contributed by atoms with Gasteiger partial charge in [-0.2, -0.15) is 0 Å². The monoisotopic (exact) mass is 289 g/mol. The summed E-state index contributed by atoms with van der Waals surface area (Å²) in [6.45, 7) is 0.792. The fourth-order valence-corrected chi connectivity index (χ4v) is 1.42. The van der Waals surface area contributed by atoms with Crippen LogP contribution in [-0.2, 0) is 4.79 Å². The minimum atomic E-state index is 0. The highest BCUT2D eigenvalue weighted by atomic mass is 79.9. The molecular formula is C11H13BrClNO. The van der Waals surface area contributed by atoms with Crippen molar-refractivity contribution < 1.29 is 4.79 Å². The van der Waals surface area contributed by atoms with E-state index in [9.17, 15) is 4.79 Å². The lowest BCUT2D eigenvalue weighted by atomic mass is 10.0. The second-order valence-corrected chi connectivity index (χ2v) is 3.86. The Balaban J connectivity index is 0.00000196. The molecule has 0 atom stereocenters. The second-order valence-electron chi connectivity index (χ2n) is 2.94. The molecule has 1 aromatic carbocycles. The quantitative estimate of drug-likeness (QED) is 0.864. The lowest BCUT2D eigenvalue weighted by Crippen LogP contribution is -2.08. The molecule has 82 valence electrons. The Morgan fingerprint density at radius 3 is 2.47 bits per heavy atom. The number of carbonyl (C=O) groups excluding carboxylic acids is 1. The summed E-state index contributed by atoms with van der Waals surface area (Å²) >= 11 is 3.35. The van der Waals surface area contributed by atoms with Crippen molar-refractivity contribution in [1.29, 1.82) is 0 Å². The number of hydrogen-bond donors (Lipinski definition) is 1. The Morgan fingerprint density at radius 1 is 1.40 bits per heavy atom. The van der Waals surface area contributed by atoms with Crippen molar-refractivity contribution >= 4 is 39.9 Å². The average Bonchev–Trinajstić information content (AvgIpc) is 2.21. The van der Waals surface area contributed by atoms with Gasteiger partial charge in [0.15, 0.2) is 0 Å². The summed E-state index contributed by atoms with van der Waals surface area (Å²) in [7, 11) is 1.87. The summed E-state index contributed by atoms with van der Waals surface area (Å²) in [4.78, 5) is 10.7. The Labute approximate surface area is 104 Å². The molecular weight excluding hydrogens is 277 g/mol. The molecule has 1 rings (SSSR count). The molecule has 0 heterocycles. The van der Waals surface area contributed by atoms with E-state index in [1.54, 1.807) is 0 Å². The maximum Gasteiger partial charge on any atom is 0.128 e. The van der Waals surface area contributed by atoms with E-state index in [1.165, 1.54) is 0 Å². The molecule has 0 unspecified atom stereocenters. The third-order valence-corrected chi connectivity index (χ3v) is 2.47. The normalized spacial score (nSPS) is 8.93. The lowest BCUT2D eigenvalue weighted by Gasteiger charge is -2.02. The highest BCUT2D eigenvalue weighted by Gasteiger charge is 2.01.